The summed E-state index contributed by atoms with van der Waals surface area (Å²) in [7, 11) is 0. The molecule has 0 aromatic heterocycles. The molecule has 0 bridgehead atoms. The summed E-state index contributed by atoms with van der Waals surface area (Å²) >= 11 is 4.86. The highest BCUT2D eigenvalue weighted by Crippen LogP contribution is 2.36. The van der Waals surface area contributed by atoms with Gasteiger partial charge in [0, 0.05) is 25.3 Å². The summed E-state index contributed by atoms with van der Waals surface area (Å²) in [6.45, 7) is 1.20. The van der Waals surface area contributed by atoms with Crippen molar-refractivity contribution in [2.45, 2.75) is 37.7 Å². The molecule has 108 valence electrons. The second-order valence-corrected chi connectivity index (χ2v) is 5.65. The Morgan fingerprint density at radius 3 is 2.58 bits per heavy atom. The van der Waals surface area contributed by atoms with Gasteiger partial charge in [-0.3, -0.25) is 4.79 Å². The fraction of sp³-hybridized carbons (Fsp3) is 0.833. The van der Waals surface area contributed by atoms with Crippen LogP contribution in [-0.4, -0.2) is 47.5 Å². The second kappa shape index (κ2) is 5.66. The lowest BCUT2D eigenvalue weighted by Crippen LogP contribution is -2.52. The van der Waals surface area contributed by atoms with E-state index in [1.807, 2.05) is 0 Å². The molecule has 2 N–H and O–H groups in total. The van der Waals surface area contributed by atoms with Gasteiger partial charge in [-0.1, -0.05) is 12.2 Å². The monoisotopic (exact) mass is 292 g/mol. The van der Waals surface area contributed by atoms with Crippen LogP contribution in [0.1, 0.15) is 25.7 Å². The normalized spacial score (nSPS) is 28.1. The highest BCUT2D eigenvalue weighted by atomic mass is 32.1. The van der Waals surface area contributed by atoms with Crippen molar-refractivity contribution in [2.24, 2.45) is 11.7 Å². The molecule has 0 aromatic carbocycles. The molecule has 4 nitrogen and oxygen atoms in total. The summed E-state index contributed by atoms with van der Waals surface area (Å²) in [5.41, 5.74) is 5.51. The summed E-state index contributed by atoms with van der Waals surface area (Å²) in [6, 6.07) is 0. The van der Waals surface area contributed by atoms with Gasteiger partial charge < -0.3 is 15.4 Å². The fourth-order valence-electron chi connectivity index (χ4n) is 2.57. The Morgan fingerprint density at radius 2 is 2.00 bits per heavy atom. The van der Waals surface area contributed by atoms with Crippen LogP contribution in [0.5, 0.6) is 0 Å². The number of alkyl halides is 2. The molecule has 1 aliphatic carbocycles. The van der Waals surface area contributed by atoms with Crippen LogP contribution in [0.4, 0.5) is 8.78 Å². The van der Waals surface area contributed by atoms with Crippen LogP contribution >= 0.6 is 12.2 Å². The topological polar surface area (TPSA) is 55.6 Å². The van der Waals surface area contributed by atoms with Crippen molar-refractivity contribution >= 4 is 23.1 Å². The number of rotatable bonds is 2. The summed E-state index contributed by atoms with van der Waals surface area (Å²) in [4.78, 5) is 14.1. The van der Waals surface area contributed by atoms with Gasteiger partial charge in [0.1, 0.15) is 11.1 Å². The molecular weight excluding hydrogens is 274 g/mol. The summed E-state index contributed by atoms with van der Waals surface area (Å²) in [6.07, 6.45) is -0.321. The van der Waals surface area contributed by atoms with E-state index in [2.05, 4.69) is 0 Å². The Morgan fingerprint density at radius 1 is 1.37 bits per heavy atom. The number of nitrogens with two attached hydrogens (primary N) is 1. The van der Waals surface area contributed by atoms with Crippen LogP contribution in [-0.2, 0) is 9.53 Å². The van der Waals surface area contributed by atoms with E-state index < -0.39 is 12.0 Å². The lowest BCUT2D eigenvalue weighted by atomic mass is 9.85. The molecule has 0 spiro atoms. The predicted octanol–water partition coefficient (Wildman–Crippen LogP) is 1.33. The Balaban J connectivity index is 1.91. The molecule has 1 saturated carbocycles. The maximum absolute atomic E-state index is 13.1. The molecule has 2 aliphatic rings. The van der Waals surface area contributed by atoms with Crippen molar-refractivity contribution in [1.82, 2.24) is 4.90 Å². The average molecular weight is 292 g/mol. The fourth-order valence-corrected chi connectivity index (χ4v) is 2.71. The first kappa shape index (κ1) is 14.6. The number of thiocarbonyl (C=S) groups is 1. The highest BCUT2D eigenvalue weighted by Gasteiger charge is 2.39. The largest absolute Gasteiger partial charge is 0.391 e. The number of hydrogen-bond donors (Lipinski definition) is 1. The van der Waals surface area contributed by atoms with E-state index in [-0.39, 0.29) is 42.5 Å². The Hall–Kier alpha value is -0.820. The van der Waals surface area contributed by atoms with Crippen LogP contribution in [0.25, 0.3) is 0 Å². The number of ether oxygens (including phenoxy) is 1. The SMILES string of the molecule is NC(=S)C1CN(C(=O)C2CCC(F)(F)CC2)CCO1. The zero-order chi connectivity index (χ0) is 14.0. The lowest BCUT2D eigenvalue weighted by molar-refractivity contribution is -0.145. The third-order valence-electron chi connectivity index (χ3n) is 3.76. The zero-order valence-corrected chi connectivity index (χ0v) is 11.4. The molecule has 1 amide bonds. The molecule has 2 rings (SSSR count). The minimum absolute atomic E-state index is 0.0694. The van der Waals surface area contributed by atoms with E-state index in [4.69, 9.17) is 22.7 Å². The third kappa shape index (κ3) is 3.60. The van der Waals surface area contributed by atoms with Gasteiger partial charge in [0.15, 0.2) is 0 Å². The number of amides is 1. The Bertz CT molecular complexity index is 369. The number of carbonyl (C=O) groups is 1. The predicted molar refractivity (Wildman–Crippen MR) is 70.0 cm³/mol. The van der Waals surface area contributed by atoms with Crippen LogP contribution in [0.3, 0.4) is 0 Å². The van der Waals surface area contributed by atoms with E-state index in [0.29, 0.717) is 19.7 Å². The van der Waals surface area contributed by atoms with Gasteiger partial charge in [0.05, 0.1) is 13.2 Å². The second-order valence-electron chi connectivity index (χ2n) is 5.18. The minimum Gasteiger partial charge on any atom is -0.391 e. The molecule has 7 heteroatoms. The average Bonchev–Trinajstić information content (AvgIpc) is 2.38. The smallest absolute Gasteiger partial charge is 0.248 e. The van der Waals surface area contributed by atoms with E-state index >= 15 is 0 Å². The van der Waals surface area contributed by atoms with Gasteiger partial charge in [0.25, 0.3) is 0 Å². The van der Waals surface area contributed by atoms with Gasteiger partial charge in [-0.25, -0.2) is 8.78 Å². The van der Waals surface area contributed by atoms with E-state index in [0.717, 1.165) is 0 Å². The summed E-state index contributed by atoms with van der Waals surface area (Å²) < 4.78 is 31.5. The van der Waals surface area contributed by atoms with Gasteiger partial charge >= 0.3 is 0 Å². The number of halogens is 2. The van der Waals surface area contributed by atoms with E-state index in [1.54, 1.807) is 4.90 Å². The molecule has 1 saturated heterocycles. The minimum atomic E-state index is -2.61. The number of hydrogen-bond acceptors (Lipinski definition) is 3. The van der Waals surface area contributed by atoms with Crippen molar-refractivity contribution in [3.63, 3.8) is 0 Å². The third-order valence-corrected chi connectivity index (χ3v) is 4.02. The van der Waals surface area contributed by atoms with Crippen LogP contribution in [0, 0.1) is 5.92 Å². The number of morpholine rings is 1. The van der Waals surface area contributed by atoms with Crippen molar-refractivity contribution in [2.75, 3.05) is 19.7 Å². The number of carbonyl (C=O) groups excluding carboxylic acids is 1. The highest BCUT2D eigenvalue weighted by molar-refractivity contribution is 7.80. The number of nitrogens with zero attached hydrogens (tertiary/aromatic N) is 1. The van der Waals surface area contributed by atoms with Gasteiger partial charge in [-0.15, -0.1) is 0 Å². The maximum Gasteiger partial charge on any atom is 0.248 e. The quantitative estimate of drug-likeness (QED) is 0.780. The summed E-state index contributed by atoms with van der Waals surface area (Å²) in [5, 5.41) is 0. The zero-order valence-electron chi connectivity index (χ0n) is 10.6. The first-order valence-corrected chi connectivity index (χ1v) is 6.87. The van der Waals surface area contributed by atoms with Crippen LogP contribution < -0.4 is 5.73 Å². The molecule has 1 unspecified atom stereocenters. The first-order chi connectivity index (χ1) is 8.89. The van der Waals surface area contributed by atoms with Gasteiger partial charge in [-0.2, -0.15) is 0 Å². The van der Waals surface area contributed by atoms with Crippen LogP contribution in [0.15, 0.2) is 0 Å². The van der Waals surface area contributed by atoms with Crippen molar-refractivity contribution < 1.29 is 18.3 Å². The molecule has 1 aliphatic heterocycles. The molecule has 0 aromatic rings. The van der Waals surface area contributed by atoms with Crippen molar-refractivity contribution in [3.8, 4) is 0 Å². The maximum atomic E-state index is 13.1. The molecule has 19 heavy (non-hydrogen) atoms. The molecule has 1 atom stereocenters. The standard InChI is InChI=1S/C12H18F2N2O2S/c13-12(14)3-1-8(2-4-12)11(17)16-5-6-18-9(7-16)10(15)19/h8-9H,1-7H2,(H2,15,19). The summed E-state index contributed by atoms with van der Waals surface area (Å²) in [5.74, 6) is -2.98. The lowest BCUT2D eigenvalue weighted by Gasteiger charge is -2.36. The molecule has 0 radical (unpaired) electrons. The van der Waals surface area contributed by atoms with Crippen molar-refractivity contribution in [3.05, 3.63) is 0 Å². The molecule has 2 fully saturated rings. The Labute approximate surface area is 116 Å². The Kier molecular flexibility index (Phi) is 4.35. The van der Waals surface area contributed by atoms with Crippen LogP contribution in [0.2, 0.25) is 0 Å². The van der Waals surface area contributed by atoms with Crippen molar-refractivity contribution in [1.29, 1.82) is 0 Å². The first-order valence-electron chi connectivity index (χ1n) is 6.46. The van der Waals surface area contributed by atoms with Gasteiger partial charge in [-0.05, 0) is 12.8 Å². The van der Waals surface area contributed by atoms with E-state index in [1.165, 1.54) is 0 Å². The van der Waals surface area contributed by atoms with Gasteiger partial charge in [0.2, 0.25) is 11.8 Å². The molecular formula is C12H18F2N2O2S. The van der Waals surface area contributed by atoms with E-state index in [9.17, 15) is 13.6 Å². The molecule has 1 heterocycles.